The Morgan fingerprint density at radius 3 is 2.20 bits per heavy atom. The minimum absolute atomic E-state index is 0.173. The number of nitrogens with zero attached hydrogens (tertiary/aromatic N) is 1. The lowest BCUT2D eigenvalue weighted by atomic mass is 10.0. The second-order valence-corrected chi connectivity index (χ2v) is 6.15. The van der Waals surface area contributed by atoms with Gasteiger partial charge >= 0.3 is 11.9 Å². The third-order valence-corrected chi connectivity index (χ3v) is 4.35. The number of nitrogens with one attached hydrogen (secondary N) is 1. The summed E-state index contributed by atoms with van der Waals surface area (Å²) in [4.78, 5) is 38.0. The number of likely N-dealkylation sites (tertiary alicyclic amines) is 1. The van der Waals surface area contributed by atoms with Crippen molar-refractivity contribution in [3.8, 4) is 0 Å². The molecule has 1 aromatic carbocycles. The number of piperidine rings is 1. The first kappa shape index (κ1) is 18.9. The second kappa shape index (κ2) is 8.62. The van der Waals surface area contributed by atoms with Crippen molar-refractivity contribution in [3.05, 3.63) is 29.3 Å². The normalized spacial score (nSPS) is 17.6. The highest BCUT2D eigenvalue weighted by molar-refractivity contribution is 5.99. The smallest absolute Gasteiger partial charge is 0.337 e. The number of hydrogen-bond donors (Lipinski definition) is 1. The van der Waals surface area contributed by atoms with Crippen molar-refractivity contribution >= 4 is 23.5 Å². The molecule has 0 aliphatic carbocycles. The Morgan fingerprint density at radius 1 is 1.08 bits per heavy atom. The van der Waals surface area contributed by atoms with E-state index in [-0.39, 0.29) is 23.6 Å². The fourth-order valence-electron chi connectivity index (χ4n) is 2.95. The number of esters is 2. The zero-order valence-corrected chi connectivity index (χ0v) is 14.8. The molecular formula is C18H24N2O5. The zero-order valence-electron chi connectivity index (χ0n) is 14.8. The summed E-state index contributed by atoms with van der Waals surface area (Å²) in [5, 5.41) is 2.75. The van der Waals surface area contributed by atoms with Crippen LogP contribution in [0.1, 0.15) is 46.9 Å². The maximum absolute atomic E-state index is 12.3. The SMILES string of the molecule is COC(=O)c1cc(NC(=O)CN2CCCCC2C)cc(C(=O)OC)c1. The van der Waals surface area contributed by atoms with Gasteiger partial charge in [0.2, 0.25) is 5.91 Å². The molecule has 1 aliphatic rings. The molecule has 7 nitrogen and oxygen atoms in total. The van der Waals surface area contributed by atoms with Crippen LogP contribution in [-0.4, -0.2) is 56.1 Å². The van der Waals surface area contributed by atoms with Crippen LogP contribution in [0.4, 0.5) is 5.69 Å². The summed E-state index contributed by atoms with van der Waals surface area (Å²) in [5.74, 6) is -1.37. The summed E-state index contributed by atoms with van der Waals surface area (Å²) >= 11 is 0. The van der Waals surface area contributed by atoms with Gasteiger partial charge in [0, 0.05) is 11.7 Å². The third-order valence-electron chi connectivity index (χ3n) is 4.35. The van der Waals surface area contributed by atoms with Crippen molar-refractivity contribution in [2.75, 3.05) is 32.6 Å². The van der Waals surface area contributed by atoms with Gasteiger partial charge in [0.25, 0.3) is 0 Å². The molecule has 0 aromatic heterocycles. The number of hydrogen-bond acceptors (Lipinski definition) is 6. The van der Waals surface area contributed by atoms with Gasteiger partial charge < -0.3 is 14.8 Å². The number of ether oxygens (including phenoxy) is 2. The summed E-state index contributed by atoms with van der Waals surface area (Å²) in [6, 6.07) is 4.71. The largest absolute Gasteiger partial charge is 0.465 e. The van der Waals surface area contributed by atoms with Crippen molar-refractivity contribution in [1.29, 1.82) is 0 Å². The molecule has 1 unspecified atom stereocenters. The van der Waals surface area contributed by atoms with E-state index >= 15 is 0 Å². The van der Waals surface area contributed by atoms with E-state index < -0.39 is 11.9 Å². The van der Waals surface area contributed by atoms with Gasteiger partial charge in [-0.15, -0.1) is 0 Å². The molecule has 1 aliphatic heterocycles. The lowest BCUT2D eigenvalue weighted by molar-refractivity contribution is -0.118. The molecule has 1 amide bonds. The van der Waals surface area contributed by atoms with Crippen LogP contribution in [0.2, 0.25) is 0 Å². The van der Waals surface area contributed by atoms with Crippen LogP contribution in [0, 0.1) is 0 Å². The lowest BCUT2D eigenvalue weighted by Crippen LogP contribution is -2.42. The summed E-state index contributed by atoms with van der Waals surface area (Å²) < 4.78 is 9.38. The van der Waals surface area contributed by atoms with E-state index in [0.717, 1.165) is 19.4 Å². The third kappa shape index (κ3) is 5.03. The molecular weight excluding hydrogens is 324 g/mol. The van der Waals surface area contributed by atoms with E-state index in [2.05, 4.69) is 26.6 Å². The molecule has 1 fully saturated rings. The number of anilines is 1. The monoisotopic (exact) mass is 348 g/mol. The fourth-order valence-corrected chi connectivity index (χ4v) is 2.95. The van der Waals surface area contributed by atoms with Gasteiger partial charge in [-0.05, 0) is 44.5 Å². The van der Waals surface area contributed by atoms with Gasteiger partial charge in [-0.3, -0.25) is 9.69 Å². The van der Waals surface area contributed by atoms with Gasteiger partial charge in [0.15, 0.2) is 0 Å². The standard InChI is InChI=1S/C18H24N2O5/c1-12-6-4-5-7-20(12)11-16(21)19-15-9-13(17(22)24-2)8-14(10-15)18(23)25-3/h8-10,12H,4-7,11H2,1-3H3,(H,19,21). The van der Waals surface area contributed by atoms with Crippen LogP contribution in [0.3, 0.4) is 0 Å². The van der Waals surface area contributed by atoms with Crippen molar-refractivity contribution in [3.63, 3.8) is 0 Å². The Morgan fingerprint density at radius 2 is 1.68 bits per heavy atom. The van der Waals surface area contributed by atoms with Crippen LogP contribution < -0.4 is 5.32 Å². The Hall–Kier alpha value is -2.41. The first-order valence-corrected chi connectivity index (χ1v) is 8.30. The molecule has 7 heteroatoms. The minimum Gasteiger partial charge on any atom is -0.465 e. The zero-order chi connectivity index (χ0) is 18.4. The van der Waals surface area contributed by atoms with E-state index in [1.165, 1.54) is 38.8 Å². The second-order valence-electron chi connectivity index (χ2n) is 6.15. The average molecular weight is 348 g/mol. The Kier molecular flexibility index (Phi) is 6.52. The topological polar surface area (TPSA) is 84.9 Å². The Labute approximate surface area is 147 Å². The van der Waals surface area contributed by atoms with Crippen molar-refractivity contribution in [1.82, 2.24) is 4.90 Å². The number of rotatable bonds is 5. The molecule has 0 saturated carbocycles. The molecule has 1 saturated heterocycles. The maximum atomic E-state index is 12.3. The number of benzene rings is 1. The molecule has 1 heterocycles. The predicted octanol–water partition coefficient (Wildman–Crippen LogP) is 2.07. The fraction of sp³-hybridized carbons (Fsp3) is 0.500. The summed E-state index contributed by atoms with van der Waals surface area (Å²) in [5.41, 5.74) is 0.706. The molecule has 1 aromatic rings. The number of carbonyl (C=O) groups excluding carboxylic acids is 3. The van der Waals surface area contributed by atoms with Crippen molar-refractivity contribution < 1.29 is 23.9 Å². The predicted molar refractivity (Wildman–Crippen MR) is 92.6 cm³/mol. The first-order chi connectivity index (χ1) is 11.9. The summed E-state index contributed by atoms with van der Waals surface area (Å²) in [7, 11) is 2.51. The highest BCUT2D eigenvalue weighted by Gasteiger charge is 2.21. The highest BCUT2D eigenvalue weighted by atomic mass is 16.5. The maximum Gasteiger partial charge on any atom is 0.337 e. The molecule has 136 valence electrons. The van der Waals surface area contributed by atoms with E-state index in [4.69, 9.17) is 0 Å². The van der Waals surface area contributed by atoms with Gasteiger partial charge in [0.1, 0.15) is 0 Å². The first-order valence-electron chi connectivity index (χ1n) is 8.30. The minimum atomic E-state index is -0.592. The molecule has 1 N–H and O–H groups in total. The molecule has 2 rings (SSSR count). The lowest BCUT2D eigenvalue weighted by Gasteiger charge is -2.32. The van der Waals surface area contributed by atoms with E-state index in [1.807, 2.05) is 0 Å². The van der Waals surface area contributed by atoms with Crippen LogP contribution in [0.5, 0.6) is 0 Å². The molecule has 1 atom stereocenters. The number of methoxy groups -OCH3 is 2. The van der Waals surface area contributed by atoms with Crippen LogP contribution in [-0.2, 0) is 14.3 Å². The van der Waals surface area contributed by atoms with Crippen molar-refractivity contribution in [2.45, 2.75) is 32.2 Å². The van der Waals surface area contributed by atoms with E-state index in [0.29, 0.717) is 11.7 Å². The molecule has 0 spiro atoms. The van der Waals surface area contributed by atoms with E-state index in [9.17, 15) is 14.4 Å². The van der Waals surface area contributed by atoms with Gasteiger partial charge in [0.05, 0.1) is 31.9 Å². The molecule has 0 radical (unpaired) electrons. The van der Waals surface area contributed by atoms with Crippen LogP contribution >= 0.6 is 0 Å². The number of amides is 1. The van der Waals surface area contributed by atoms with Crippen molar-refractivity contribution in [2.24, 2.45) is 0 Å². The average Bonchev–Trinajstić information content (AvgIpc) is 2.61. The summed E-state index contributed by atoms with van der Waals surface area (Å²) in [6.45, 7) is 3.28. The van der Waals surface area contributed by atoms with Gasteiger partial charge in [-0.2, -0.15) is 0 Å². The van der Waals surface area contributed by atoms with Gasteiger partial charge in [-0.1, -0.05) is 6.42 Å². The van der Waals surface area contributed by atoms with Crippen LogP contribution in [0.25, 0.3) is 0 Å². The van der Waals surface area contributed by atoms with Crippen LogP contribution in [0.15, 0.2) is 18.2 Å². The Bertz CT molecular complexity index is 625. The molecule has 25 heavy (non-hydrogen) atoms. The highest BCUT2D eigenvalue weighted by Crippen LogP contribution is 2.19. The van der Waals surface area contributed by atoms with E-state index in [1.54, 1.807) is 0 Å². The van der Waals surface area contributed by atoms with Gasteiger partial charge in [-0.25, -0.2) is 9.59 Å². The Balaban J connectivity index is 2.15. The quantitative estimate of drug-likeness (QED) is 0.820. The number of carbonyl (C=O) groups is 3. The molecule has 0 bridgehead atoms. The summed E-state index contributed by atoms with van der Waals surface area (Å²) in [6.07, 6.45) is 3.35.